The topological polar surface area (TPSA) is 72.9 Å². The number of aliphatic carboxylic acids is 1. The SMILES string of the molecule is CCC(C)N(CC(=O)O)C(=O)N1CCCC(CNC)C1. The number of carbonyl (C=O) groups excluding carboxylic acids is 1. The second-order valence-electron chi connectivity index (χ2n) is 5.57. The van der Waals surface area contributed by atoms with Gasteiger partial charge < -0.3 is 20.2 Å². The lowest BCUT2D eigenvalue weighted by Crippen LogP contribution is -2.52. The molecular formula is C14H27N3O3. The molecule has 2 amide bonds. The van der Waals surface area contributed by atoms with Crippen LogP contribution in [0.2, 0.25) is 0 Å². The zero-order valence-corrected chi connectivity index (χ0v) is 12.8. The molecular weight excluding hydrogens is 258 g/mol. The number of carboxylic acid groups (broad SMARTS) is 1. The van der Waals surface area contributed by atoms with Gasteiger partial charge in [0.15, 0.2) is 0 Å². The molecule has 0 aromatic heterocycles. The average molecular weight is 285 g/mol. The Kier molecular flexibility index (Phi) is 6.78. The van der Waals surface area contributed by atoms with Crippen LogP contribution in [-0.4, -0.2) is 66.2 Å². The second-order valence-corrected chi connectivity index (χ2v) is 5.57. The van der Waals surface area contributed by atoms with Crippen LogP contribution in [0.25, 0.3) is 0 Å². The molecule has 1 heterocycles. The van der Waals surface area contributed by atoms with Crippen molar-refractivity contribution in [2.24, 2.45) is 5.92 Å². The molecule has 0 spiro atoms. The highest BCUT2D eigenvalue weighted by atomic mass is 16.4. The van der Waals surface area contributed by atoms with Gasteiger partial charge in [0.05, 0.1) is 0 Å². The predicted octanol–water partition coefficient (Wildman–Crippen LogP) is 1.22. The normalized spacial score (nSPS) is 20.6. The lowest BCUT2D eigenvalue weighted by molar-refractivity contribution is -0.138. The van der Waals surface area contributed by atoms with Gasteiger partial charge in [-0.3, -0.25) is 4.79 Å². The van der Waals surface area contributed by atoms with Crippen LogP contribution in [0.15, 0.2) is 0 Å². The molecule has 1 saturated heterocycles. The summed E-state index contributed by atoms with van der Waals surface area (Å²) in [5, 5.41) is 12.1. The Hall–Kier alpha value is -1.30. The first kappa shape index (κ1) is 16.8. The number of nitrogens with zero attached hydrogens (tertiary/aromatic N) is 2. The number of nitrogens with one attached hydrogen (secondary N) is 1. The molecule has 6 heteroatoms. The van der Waals surface area contributed by atoms with Gasteiger partial charge in [-0.15, -0.1) is 0 Å². The van der Waals surface area contributed by atoms with E-state index in [1.54, 1.807) is 4.90 Å². The van der Waals surface area contributed by atoms with Gasteiger partial charge in [0.25, 0.3) is 0 Å². The fraction of sp³-hybridized carbons (Fsp3) is 0.857. The van der Waals surface area contributed by atoms with Crippen LogP contribution in [0, 0.1) is 5.92 Å². The zero-order valence-electron chi connectivity index (χ0n) is 12.8. The fourth-order valence-electron chi connectivity index (χ4n) is 2.65. The predicted molar refractivity (Wildman–Crippen MR) is 77.7 cm³/mol. The number of hydrogen-bond acceptors (Lipinski definition) is 3. The Labute approximate surface area is 121 Å². The molecule has 1 fully saturated rings. The van der Waals surface area contributed by atoms with Crippen molar-refractivity contribution in [3.8, 4) is 0 Å². The molecule has 0 saturated carbocycles. The molecule has 1 rings (SSSR count). The van der Waals surface area contributed by atoms with Gasteiger partial charge in [-0.2, -0.15) is 0 Å². The quantitative estimate of drug-likeness (QED) is 0.769. The highest BCUT2D eigenvalue weighted by Crippen LogP contribution is 2.18. The summed E-state index contributed by atoms with van der Waals surface area (Å²) < 4.78 is 0. The van der Waals surface area contributed by atoms with E-state index in [4.69, 9.17) is 5.11 Å². The first-order valence-electron chi connectivity index (χ1n) is 7.41. The molecule has 2 N–H and O–H groups in total. The maximum atomic E-state index is 12.6. The van der Waals surface area contributed by atoms with Gasteiger partial charge in [0.2, 0.25) is 0 Å². The van der Waals surface area contributed by atoms with Crippen LogP contribution < -0.4 is 5.32 Å². The van der Waals surface area contributed by atoms with E-state index < -0.39 is 5.97 Å². The summed E-state index contributed by atoms with van der Waals surface area (Å²) in [5.41, 5.74) is 0. The average Bonchev–Trinajstić information content (AvgIpc) is 2.43. The van der Waals surface area contributed by atoms with Crippen molar-refractivity contribution in [2.45, 2.75) is 39.2 Å². The van der Waals surface area contributed by atoms with Crippen LogP contribution >= 0.6 is 0 Å². The highest BCUT2D eigenvalue weighted by Gasteiger charge is 2.29. The molecule has 116 valence electrons. The van der Waals surface area contributed by atoms with E-state index in [2.05, 4.69) is 5.32 Å². The van der Waals surface area contributed by atoms with E-state index in [1.807, 2.05) is 20.9 Å². The van der Waals surface area contributed by atoms with Crippen LogP contribution in [0.5, 0.6) is 0 Å². The Bertz CT molecular complexity index is 334. The zero-order chi connectivity index (χ0) is 15.1. The first-order chi connectivity index (χ1) is 9.49. The van der Waals surface area contributed by atoms with Crippen molar-refractivity contribution in [3.63, 3.8) is 0 Å². The first-order valence-corrected chi connectivity index (χ1v) is 7.41. The molecule has 1 aliphatic rings. The Morgan fingerprint density at radius 1 is 1.50 bits per heavy atom. The van der Waals surface area contributed by atoms with Gasteiger partial charge in [-0.1, -0.05) is 6.92 Å². The minimum Gasteiger partial charge on any atom is -0.480 e. The van der Waals surface area contributed by atoms with Crippen molar-refractivity contribution in [3.05, 3.63) is 0 Å². The van der Waals surface area contributed by atoms with Gasteiger partial charge in [-0.25, -0.2) is 4.79 Å². The van der Waals surface area contributed by atoms with Crippen LogP contribution in [0.1, 0.15) is 33.1 Å². The summed E-state index contributed by atoms with van der Waals surface area (Å²) in [7, 11) is 1.91. The van der Waals surface area contributed by atoms with Gasteiger partial charge in [0, 0.05) is 19.1 Å². The monoisotopic (exact) mass is 285 g/mol. The molecule has 0 bridgehead atoms. The Morgan fingerprint density at radius 3 is 2.75 bits per heavy atom. The van der Waals surface area contributed by atoms with Crippen LogP contribution in [0.4, 0.5) is 4.79 Å². The van der Waals surface area contributed by atoms with E-state index in [-0.39, 0.29) is 18.6 Å². The van der Waals surface area contributed by atoms with E-state index in [0.29, 0.717) is 12.5 Å². The standard InChI is InChI=1S/C14H27N3O3/c1-4-11(2)17(10-13(18)19)14(20)16-7-5-6-12(9-16)8-15-3/h11-12,15H,4-10H2,1-3H3,(H,18,19). The van der Waals surface area contributed by atoms with E-state index in [1.165, 1.54) is 4.90 Å². The summed E-state index contributed by atoms with van der Waals surface area (Å²) in [6.07, 6.45) is 2.86. The third-order valence-electron chi connectivity index (χ3n) is 3.96. The van der Waals surface area contributed by atoms with E-state index >= 15 is 0 Å². The number of hydrogen-bond donors (Lipinski definition) is 2. The third kappa shape index (κ3) is 4.67. The minimum atomic E-state index is -0.956. The summed E-state index contributed by atoms with van der Waals surface area (Å²) in [6.45, 7) is 5.98. The molecule has 0 aromatic rings. The molecule has 2 atom stereocenters. The number of urea groups is 1. The van der Waals surface area contributed by atoms with Crippen molar-refractivity contribution < 1.29 is 14.7 Å². The highest BCUT2D eigenvalue weighted by molar-refractivity contribution is 5.80. The Balaban J connectivity index is 2.70. The smallest absolute Gasteiger partial charge is 0.323 e. The van der Waals surface area contributed by atoms with E-state index in [0.717, 1.165) is 32.4 Å². The number of amides is 2. The van der Waals surface area contributed by atoms with Crippen molar-refractivity contribution in [1.29, 1.82) is 0 Å². The summed E-state index contributed by atoms with van der Waals surface area (Å²) in [4.78, 5) is 26.8. The molecule has 0 radical (unpaired) electrons. The lowest BCUT2D eigenvalue weighted by atomic mass is 9.98. The molecule has 6 nitrogen and oxygen atoms in total. The van der Waals surface area contributed by atoms with Crippen LogP contribution in [-0.2, 0) is 4.79 Å². The number of carboxylic acids is 1. The largest absolute Gasteiger partial charge is 0.480 e. The van der Waals surface area contributed by atoms with Crippen LogP contribution in [0.3, 0.4) is 0 Å². The van der Waals surface area contributed by atoms with E-state index in [9.17, 15) is 9.59 Å². The maximum Gasteiger partial charge on any atom is 0.323 e. The summed E-state index contributed by atoms with van der Waals surface area (Å²) in [5.74, 6) is -0.497. The lowest BCUT2D eigenvalue weighted by Gasteiger charge is -2.38. The fourth-order valence-corrected chi connectivity index (χ4v) is 2.65. The minimum absolute atomic E-state index is 0.0525. The molecule has 2 unspecified atom stereocenters. The summed E-state index contributed by atoms with van der Waals surface area (Å²) in [6, 6.07) is -0.189. The number of likely N-dealkylation sites (tertiary alicyclic amines) is 1. The third-order valence-corrected chi connectivity index (χ3v) is 3.96. The van der Waals surface area contributed by atoms with Crippen molar-refractivity contribution >= 4 is 12.0 Å². The molecule has 0 aliphatic carbocycles. The Morgan fingerprint density at radius 2 is 2.20 bits per heavy atom. The van der Waals surface area contributed by atoms with Gasteiger partial charge >= 0.3 is 12.0 Å². The van der Waals surface area contributed by atoms with Crippen molar-refractivity contribution in [2.75, 3.05) is 33.2 Å². The second kappa shape index (κ2) is 8.09. The van der Waals surface area contributed by atoms with Gasteiger partial charge in [0.1, 0.15) is 6.54 Å². The van der Waals surface area contributed by atoms with Crippen molar-refractivity contribution in [1.82, 2.24) is 15.1 Å². The molecule has 20 heavy (non-hydrogen) atoms. The number of carbonyl (C=O) groups is 2. The number of rotatable bonds is 6. The summed E-state index contributed by atoms with van der Waals surface area (Å²) >= 11 is 0. The molecule has 0 aromatic carbocycles. The number of piperidine rings is 1. The van der Waals surface area contributed by atoms with Gasteiger partial charge in [-0.05, 0) is 45.7 Å². The maximum absolute atomic E-state index is 12.6. The molecule has 1 aliphatic heterocycles.